The van der Waals surface area contributed by atoms with Crippen molar-refractivity contribution < 1.29 is 31.5 Å². The second-order valence-corrected chi connectivity index (χ2v) is 23.6. The Balaban J connectivity index is 1.54. The van der Waals surface area contributed by atoms with Crippen LogP contribution in [0.2, 0.25) is 0 Å². The summed E-state index contributed by atoms with van der Waals surface area (Å²) in [5, 5.41) is 0. The quantitative estimate of drug-likeness (QED) is 0.0333. The number of unbranched alkanes of at least 4 members (excludes halogenated alkanes) is 4. The summed E-state index contributed by atoms with van der Waals surface area (Å²) in [5.74, 6) is -14.2. The number of carbonyl (C=O) groups is 1. The second-order valence-electron chi connectivity index (χ2n) is 23.6. The number of hydrogen-bond acceptors (Lipinski definition) is 4. The van der Waals surface area contributed by atoms with Gasteiger partial charge >= 0.3 is 5.97 Å². The Morgan fingerprint density at radius 2 is 0.897 bits per heavy atom. The third-order valence-corrected chi connectivity index (χ3v) is 15.9. The first-order valence-electron chi connectivity index (χ1n) is 28.2. The van der Waals surface area contributed by atoms with E-state index in [4.69, 9.17) is 14.7 Å². The first-order valence-corrected chi connectivity index (χ1v) is 28.2. The number of ether oxygens (including phenoxy) is 1. The Morgan fingerprint density at radius 1 is 0.513 bits per heavy atom. The van der Waals surface area contributed by atoms with Crippen molar-refractivity contribution in [2.45, 2.75) is 185 Å². The van der Waals surface area contributed by atoms with E-state index in [9.17, 15) is 26.7 Å². The predicted octanol–water partition coefficient (Wildman–Crippen LogP) is 19.7. The highest BCUT2D eigenvalue weighted by Gasteiger charge is 2.31. The van der Waals surface area contributed by atoms with Crippen LogP contribution in [0.15, 0.2) is 54.6 Å². The number of aromatic nitrogens is 4. The van der Waals surface area contributed by atoms with Gasteiger partial charge in [0.2, 0.25) is 34.8 Å². The lowest BCUT2D eigenvalue weighted by molar-refractivity contribution is 0.0716. The summed E-state index contributed by atoms with van der Waals surface area (Å²) in [6, 6.07) is 17.9. The van der Waals surface area contributed by atoms with Crippen LogP contribution in [0.4, 0.5) is 22.0 Å². The van der Waals surface area contributed by atoms with Crippen LogP contribution in [0.1, 0.15) is 214 Å². The van der Waals surface area contributed by atoms with Crippen LogP contribution in [0.5, 0.6) is 5.75 Å². The van der Waals surface area contributed by atoms with Crippen LogP contribution in [0, 0.1) is 42.9 Å². The smallest absolute Gasteiger partial charge is 0.343 e. The van der Waals surface area contributed by atoms with Gasteiger partial charge in [-0.3, -0.25) is 0 Å². The molecule has 0 aliphatic carbocycles. The van der Waals surface area contributed by atoms with Crippen LogP contribution in [-0.4, -0.2) is 25.9 Å². The maximum atomic E-state index is 14.7. The molecule has 3 aromatic heterocycles. The number of hydrogen-bond donors (Lipinski definition) is 2. The number of benzene rings is 3. The zero-order chi connectivity index (χ0) is 56.7. The topological polar surface area (TPSA) is 83.7 Å². The number of fused-ring (bicyclic) bond motifs is 8. The number of nitrogens with zero attached hydrogens (tertiary/aromatic N) is 2. The molecule has 0 saturated carbocycles. The highest BCUT2D eigenvalue weighted by Crippen LogP contribution is 2.46. The van der Waals surface area contributed by atoms with Crippen molar-refractivity contribution in [2.24, 2.45) is 0 Å². The number of allylic oxidation sites excluding steroid dienone is 4. The number of halogens is 5. The van der Waals surface area contributed by atoms with E-state index in [0.29, 0.717) is 5.56 Å². The molecule has 2 aliphatic heterocycles. The first-order chi connectivity index (χ1) is 36.9. The lowest BCUT2D eigenvalue weighted by Crippen LogP contribution is -2.16. The van der Waals surface area contributed by atoms with Crippen molar-refractivity contribution in [3.8, 4) is 28.0 Å². The van der Waals surface area contributed by atoms with Crippen molar-refractivity contribution in [1.29, 1.82) is 0 Å². The van der Waals surface area contributed by atoms with Crippen molar-refractivity contribution in [3.63, 3.8) is 0 Å². The molecule has 0 fully saturated rings. The fourth-order valence-corrected chi connectivity index (χ4v) is 11.0. The molecule has 5 heterocycles. The Labute approximate surface area is 458 Å². The molecule has 0 amide bonds. The number of carbonyl (C=O) groups excluding carboxylic acids is 1. The van der Waals surface area contributed by atoms with Crippen LogP contribution in [0.3, 0.4) is 0 Å². The summed E-state index contributed by atoms with van der Waals surface area (Å²) in [7, 11) is 0. The van der Waals surface area contributed by atoms with Crippen LogP contribution < -0.4 is 4.74 Å². The standard InChI is InChI=1S/C67H77F5N4O2/c1-15-19-23-45-36(5)60-53(40-27-29-41(30-28-40)65(77)78-64-58(71)56(69)55(68)57(70)59(64)72)61-37(6)46(24-20-16-2)50(74-61)35-52-48(26-22-18-4)39(8)63(76-52)54(42-31-43(66(9,10)11)33-44(32-42)67(12,13)14)62-38(7)47(25-21-17-3)51(75-62)34-49(45)73-60/h27-35,73,76H,15-26H2,1-14H3. The van der Waals surface area contributed by atoms with E-state index in [1.54, 1.807) is 12.1 Å². The Hall–Kier alpha value is -6.62. The van der Waals surface area contributed by atoms with Crippen molar-refractivity contribution in [3.05, 3.63) is 145 Å². The SMILES string of the molecule is CCCCC1=C(C)c2nc1cc1[nH]c(c(C)c1CCCC)c(-c1ccc(C(=O)Oc3c(F)c(F)c(F)c(F)c3F)cc1)c1nc(cc3[nH]c(c(C)c3CCCC)c2-c2cc(C(C)(C)C)cc(C(C)(C)C)c2)C(CCCC)=C1C. The Bertz CT molecular complexity index is 3500. The maximum Gasteiger partial charge on any atom is 0.343 e. The molecule has 0 radical (unpaired) electrons. The average molecular weight is 1070 g/mol. The van der Waals surface area contributed by atoms with E-state index >= 15 is 0 Å². The largest absolute Gasteiger partial charge is 0.416 e. The Kier molecular flexibility index (Phi) is 17.0. The van der Waals surface area contributed by atoms with Crippen LogP contribution in [0.25, 0.3) is 66.6 Å². The van der Waals surface area contributed by atoms with Gasteiger partial charge in [-0.15, -0.1) is 0 Å². The molecule has 0 spiro atoms. The van der Waals surface area contributed by atoms with Gasteiger partial charge in [0.05, 0.1) is 39.4 Å². The summed E-state index contributed by atoms with van der Waals surface area (Å²) in [4.78, 5) is 33.0. The molecule has 6 nitrogen and oxygen atoms in total. The molecule has 78 heavy (non-hydrogen) atoms. The molecule has 8 bridgehead atoms. The molecule has 3 aromatic carbocycles. The van der Waals surface area contributed by atoms with Crippen LogP contribution >= 0.6 is 0 Å². The van der Waals surface area contributed by atoms with E-state index in [-0.39, 0.29) is 16.4 Å². The van der Waals surface area contributed by atoms with Gasteiger partial charge in [0, 0.05) is 22.2 Å². The normalized spacial score (nSPS) is 13.1. The molecule has 6 aromatic rings. The van der Waals surface area contributed by atoms with Crippen LogP contribution in [-0.2, 0) is 23.7 Å². The lowest BCUT2D eigenvalue weighted by Gasteiger charge is -2.26. The minimum atomic E-state index is -2.35. The van der Waals surface area contributed by atoms with Gasteiger partial charge in [0.1, 0.15) is 0 Å². The predicted molar refractivity (Wildman–Crippen MR) is 311 cm³/mol. The molecule has 0 unspecified atom stereocenters. The highest BCUT2D eigenvalue weighted by atomic mass is 19.2. The minimum Gasteiger partial charge on any atom is -0.416 e. The zero-order valence-corrected chi connectivity index (χ0v) is 48.3. The number of H-pyrrole nitrogens is 2. The third kappa shape index (κ3) is 11.0. The van der Waals surface area contributed by atoms with Gasteiger partial charge in [-0.25, -0.2) is 27.9 Å². The van der Waals surface area contributed by atoms with Crippen molar-refractivity contribution in [1.82, 2.24) is 19.9 Å². The minimum absolute atomic E-state index is 0.128. The van der Waals surface area contributed by atoms with E-state index in [1.807, 2.05) is 0 Å². The molecule has 8 rings (SSSR count). The molecular weight excluding hydrogens is 988 g/mol. The monoisotopic (exact) mass is 1060 g/mol. The van der Waals surface area contributed by atoms with Gasteiger partial charge in [0.25, 0.3) is 0 Å². The van der Waals surface area contributed by atoms with E-state index in [2.05, 4.69) is 137 Å². The molecule has 11 heteroatoms. The third-order valence-electron chi connectivity index (χ3n) is 15.9. The van der Waals surface area contributed by atoms with Gasteiger partial charge < -0.3 is 14.7 Å². The summed E-state index contributed by atoms with van der Waals surface area (Å²) in [5.41, 5.74) is 22.2. The number of aryl methyl sites for hydroxylation is 4. The first kappa shape index (κ1) is 57.6. The molecule has 2 N–H and O–H groups in total. The number of nitrogens with one attached hydrogen (secondary N) is 2. The number of rotatable bonds is 16. The summed E-state index contributed by atoms with van der Waals surface area (Å²) in [6.45, 7) is 31.3. The van der Waals surface area contributed by atoms with Gasteiger partial charge in [-0.1, -0.05) is 125 Å². The lowest BCUT2D eigenvalue weighted by atomic mass is 9.78. The van der Waals surface area contributed by atoms with E-state index < -0.39 is 40.8 Å². The second kappa shape index (κ2) is 23.0. The fraction of sp³-hybridized carbons (Fsp3) is 0.418. The van der Waals surface area contributed by atoms with Gasteiger partial charge in [0.15, 0.2) is 0 Å². The van der Waals surface area contributed by atoms with E-state index in [1.165, 1.54) is 40.0 Å². The number of aromatic amines is 2. The average Bonchev–Trinajstić information content (AvgIpc) is 4.09. The number of esters is 1. The fourth-order valence-electron chi connectivity index (χ4n) is 11.0. The molecule has 0 saturated heterocycles. The molecule has 0 atom stereocenters. The van der Waals surface area contributed by atoms with E-state index in [0.717, 1.165) is 166 Å². The highest BCUT2D eigenvalue weighted by molar-refractivity contribution is 6.04. The van der Waals surface area contributed by atoms with Gasteiger partial charge in [-0.05, 0) is 181 Å². The summed E-state index contributed by atoms with van der Waals surface area (Å²) >= 11 is 0. The molecular formula is C67H77F5N4O2. The van der Waals surface area contributed by atoms with Gasteiger partial charge in [-0.2, -0.15) is 8.78 Å². The van der Waals surface area contributed by atoms with Crippen molar-refractivity contribution >= 4 is 50.3 Å². The van der Waals surface area contributed by atoms with Crippen molar-refractivity contribution in [2.75, 3.05) is 0 Å². The summed E-state index contributed by atoms with van der Waals surface area (Å²) in [6.07, 6.45) is 11.1. The molecule has 2 aliphatic rings. The molecule has 412 valence electrons. The zero-order valence-electron chi connectivity index (χ0n) is 48.3. The maximum absolute atomic E-state index is 14.7. The summed E-state index contributed by atoms with van der Waals surface area (Å²) < 4.78 is 76.6. The Morgan fingerprint density at radius 3 is 1.29 bits per heavy atom.